The van der Waals surface area contributed by atoms with E-state index < -0.39 is 0 Å². The molecule has 0 radical (unpaired) electrons. The second-order valence-electron chi connectivity index (χ2n) is 11.6. The van der Waals surface area contributed by atoms with E-state index in [1.165, 1.54) is 19.3 Å². The molecule has 1 saturated carbocycles. The van der Waals surface area contributed by atoms with Gasteiger partial charge in [0.2, 0.25) is 0 Å². The molecule has 0 bridgehead atoms. The number of anilines is 2. The average molecular weight is 585 g/mol. The highest BCUT2D eigenvalue weighted by molar-refractivity contribution is 6.04. The Balaban J connectivity index is 1.09. The minimum Gasteiger partial charge on any atom is -0.490 e. The Hall–Kier alpha value is -4.04. The van der Waals surface area contributed by atoms with Crippen LogP contribution in [-0.2, 0) is 0 Å². The summed E-state index contributed by atoms with van der Waals surface area (Å²) in [5.41, 5.74) is 2.84. The Labute approximate surface area is 255 Å². The molecule has 2 fully saturated rings. The minimum atomic E-state index is -0.213. The van der Waals surface area contributed by atoms with Crippen molar-refractivity contribution < 1.29 is 19.1 Å². The van der Waals surface area contributed by atoms with Crippen LogP contribution in [0.4, 0.5) is 16.2 Å². The maximum absolute atomic E-state index is 12.9. The van der Waals surface area contributed by atoms with Crippen molar-refractivity contribution >= 4 is 23.3 Å². The average Bonchev–Trinajstić information content (AvgIpc) is 2.98. The number of carbonyl (C=O) groups excluding carboxylic acids is 2. The molecule has 228 valence electrons. The molecule has 8 heteroatoms. The van der Waals surface area contributed by atoms with Gasteiger partial charge in [0.1, 0.15) is 23.4 Å². The van der Waals surface area contributed by atoms with Gasteiger partial charge < -0.3 is 30.3 Å². The lowest BCUT2D eigenvalue weighted by Gasteiger charge is -2.41. The van der Waals surface area contributed by atoms with Gasteiger partial charge in [0.15, 0.2) is 0 Å². The summed E-state index contributed by atoms with van der Waals surface area (Å²) in [5, 5.41) is 8.80. The number of hydrogen-bond donors (Lipinski definition) is 3. The standard InChI is InChI=1S/C35H44N4O4/c1-4-26(5-2)37-35(41)38-27-11-16-31(17-12-27)43-33-18-13-28(23-24(33)3)36-34(40)25-9-14-30(15-10-25)42-32-19-21-39(22-20-32)29-7-6-8-29/h9-18,23,26,29,32H,4-8,19-22H2,1-3H3,(H,36,40)(H2,37,38,41). The zero-order chi connectivity index (χ0) is 30.2. The Bertz CT molecular complexity index is 1360. The molecule has 0 aromatic heterocycles. The number of ether oxygens (including phenoxy) is 2. The molecule has 3 aromatic rings. The highest BCUT2D eigenvalue weighted by atomic mass is 16.5. The predicted molar refractivity (Wildman–Crippen MR) is 171 cm³/mol. The van der Waals surface area contributed by atoms with Gasteiger partial charge in [-0.15, -0.1) is 0 Å². The van der Waals surface area contributed by atoms with Gasteiger partial charge in [-0.25, -0.2) is 4.79 Å². The second kappa shape index (κ2) is 14.4. The van der Waals surface area contributed by atoms with Crippen LogP contribution in [0, 0.1) is 6.92 Å². The van der Waals surface area contributed by atoms with Crippen molar-refractivity contribution in [3.8, 4) is 17.2 Å². The molecular weight excluding hydrogens is 540 g/mol. The lowest BCUT2D eigenvalue weighted by Crippen LogP contribution is -2.46. The van der Waals surface area contributed by atoms with Crippen molar-refractivity contribution in [2.24, 2.45) is 0 Å². The number of amides is 3. The predicted octanol–water partition coefficient (Wildman–Crippen LogP) is 7.75. The highest BCUT2D eigenvalue weighted by Crippen LogP contribution is 2.30. The van der Waals surface area contributed by atoms with Crippen LogP contribution in [0.15, 0.2) is 66.7 Å². The number of hydrogen-bond acceptors (Lipinski definition) is 5. The molecule has 1 saturated heterocycles. The Morgan fingerprint density at radius 3 is 2.09 bits per heavy atom. The molecule has 3 N–H and O–H groups in total. The molecule has 3 amide bonds. The number of aryl methyl sites for hydroxylation is 1. The minimum absolute atomic E-state index is 0.160. The molecule has 0 atom stereocenters. The third-order valence-corrected chi connectivity index (χ3v) is 8.58. The van der Waals surface area contributed by atoms with E-state index in [2.05, 4.69) is 34.7 Å². The molecular formula is C35H44N4O4. The third kappa shape index (κ3) is 8.29. The Morgan fingerprint density at radius 2 is 1.49 bits per heavy atom. The molecule has 1 aliphatic heterocycles. The zero-order valence-corrected chi connectivity index (χ0v) is 25.5. The van der Waals surface area contributed by atoms with Crippen molar-refractivity contribution in [1.29, 1.82) is 0 Å². The van der Waals surface area contributed by atoms with Crippen LogP contribution in [0.1, 0.15) is 74.7 Å². The molecule has 5 rings (SSSR count). The summed E-state index contributed by atoms with van der Waals surface area (Å²) in [7, 11) is 0. The van der Waals surface area contributed by atoms with E-state index in [0.717, 1.165) is 56.1 Å². The molecule has 8 nitrogen and oxygen atoms in total. The van der Waals surface area contributed by atoms with Crippen LogP contribution < -0.4 is 25.4 Å². The van der Waals surface area contributed by atoms with Gasteiger partial charge in [-0.3, -0.25) is 4.79 Å². The topological polar surface area (TPSA) is 91.9 Å². The monoisotopic (exact) mass is 584 g/mol. The zero-order valence-electron chi connectivity index (χ0n) is 25.5. The quantitative estimate of drug-likeness (QED) is 0.214. The van der Waals surface area contributed by atoms with E-state index in [1.807, 2.05) is 61.5 Å². The normalized spacial score (nSPS) is 15.9. The summed E-state index contributed by atoms with van der Waals surface area (Å²) in [6, 6.07) is 20.9. The van der Waals surface area contributed by atoms with E-state index in [9.17, 15) is 9.59 Å². The van der Waals surface area contributed by atoms with Gasteiger partial charge in [-0.2, -0.15) is 0 Å². The summed E-state index contributed by atoms with van der Waals surface area (Å²) in [6.45, 7) is 8.27. The smallest absolute Gasteiger partial charge is 0.319 e. The number of rotatable bonds is 11. The summed E-state index contributed by atoms with van der Waals surface area (Å²) >= 11 is 0. The lowest BCUT2D eigenvalue weighted by molar-refractivity contribution is 0.0493. The van der Waals surface area contributed by atoms with Gasteiger partial charge in [-0.1, -0.05) is 20.3 Å². The van der Waals surface area contributed by atoms with Crippen molar-refractivity contribution in [3.05, 3.63) is 77.9 Å². The molecule has 1 aliphatic carbocycles. The first-order chi connectivity index (χ1) is 20.9. The maximum Gasteiger partial charge on any atom is 0.319 e. The van der Waals surface area contributed by atoms with Crippen molar-refractivity contribution in [1.82, 2.24) is 10.2 Å². The fourth-order valence-electron chi connectivity index (χ4n) is 5.61. The first-order valence-electron chi connectivity index (χ1n) is 15.7. The number of carbonyl (C=O) groups is 2. The maximum atomic E-state index is 12.9. The summed E-state index contributed by atoms with van der Waals surface area (Å²) in [6.07, 6.45) is 8.19. The summed E-state index contributed by atoms with van der Waals surface area (Å²) < 4.78 is 12.3. The SMILES string of the molecule is CCC(CC)NC(=O)Nc1ccc(Oc2ccc(NC(=O)c3ccc(OC4CCN(C5CCC5)CC4)cc3)cc2C)cc1. The van der Waals surface area contributed by atoms with E-state index >= 15 is 0 Å². The molecule has 0 unspecified atom stereocenters. The van der Waals surface area contributed by atoms with E-state index in [4.69, 9.17) is 9.47 Å². The summed E-state index contributed by atoms with van der Waals surface area (Å²) in [4.78, 5) is 27.7. The second-order valence-corrected chi connectivity index (χ2v) is 11.6. The number of nitrogens with one attached hydrogen (secondary N) is 3. The van der Waals surface area contributed by atoms with Crippen LogP contribution in [-0.4, -0.2) is 48.1 Å². The van der Waals surface area contributed by atoms with Crippen LogP contribution in [0.3, 0.4) is 0 Å². The van der Waals surface area contributed by atoms with Crippen LogP contribution in [0.5, 0.6) is 17.2 Å². The fourth-order valence-corrected chi connectivity index (χ4v) is 5.61. The van der Waals surface area contributed by atoms with E-state index in [1.54, 1.807) is 12.1 Å². The van der Waals surface area contributed by atoms with Crippen molar-refractivity contribution in [3.63, 3.8) is 0 Å². The Morgan fingerprint density at radius 1 is 0.837 bits per heavy atom. The van der Waals surface area contributed by atoms with E-state index in [0.29, 0.717) is 28.4 Å². The lowest BCUT2D eigenvalue weighted by atomic mass is 9.90. The van der Waals surface area contributed by atoms with Crippen molar-refractivity contribution in [2.75, 3.05) is 23.7 Å². The Kier molecular flexibility index (Phi) is 10.2. The molecule has 43 heavy (non-hydrogen) atoms. The molecule has 0 spiro atoms. The highest BCUT2D eigenvalue weighted by Gasteiger charge is 2.29. The fraction of sp³-hybridized carbons (Fsp3) is 0.429. The number of piperidine rings is 1. The van der Waals surface area contributed by atoms with Crippen LogP contribution in [0.2, 0.25) is 0 Å². The third-order valence-electron chi connectivity index (χ3n) is 8.58. The van der Waals surface area contributed by atoms with Gasteiger partial charge >= 0.3 is 6.03 Å². The number of benzene rings is 3. The van der Waals surface area contributed by atoms with Crippen LogP contribution >= 0.6 is 0 Å². The van der Waals surface area contributed by atoms with Gasteiger partial charge in [0.05, 0.1) is 0 Å². The van der Waals surface area contributed by atoms with E-state index in [-0.39, 0.29) is 24.1 Å². The molecule has 1 heterocycles. The van der Waals surface area contributed by atoms with Gasteiger partial charge in [0.25, 0.3) is 5.91 Å². The van der Waals surface area contributed by atoms with Crippen LogP contribution in [0.25, 0.3) is 0 Å². The first-order valence-corrected chi connectivity index (χ1v) is 15.7. The number of nitrogens with zero attached hydrogens (tertiary/aromatic N) is 1. The first kappa shape index (κ1) is 30.4. The van der Waals surface area contributed by atoms with Gasteiger partial charge in [-0.05, 0) is 118 Å². The largest absolute Gasteiger partial charge is 0.490 e. The molecule has 3 aromatic carbocycles. The van der Waals surface area contributed by atoms with Crippen molar-refractivity contribution in [2.45, 2.75) is 83.9 Å². The number of urea groups is 1. The number of likely N-dealkylation sites (tertiary alicyclic amines) is 1. The van der Waals surface area contributed by atoms with Gasteiger partial charge in [0, 0.05) is 42.1 Å². The molecule has 2 aliphatic rings. The summed E-state index contributed by atoms with van der Waals surface area (Å²) in [5.74, 6) is 1.97.